The summed E-state index contributed by atoms with van der Waals surface area (Å²) >= 11 is 0. The molecule has 6 heteroatoms. The van der Waals surface area contributed by atoms with Gasteiger partial charge in [-0.05, 0) is 79.4 Å². The van der Waals surface area contributed by atoms with Gasteiger partial charge < -0.3 is 20.3 Å². The Bertz CT molecular complexity index is 1100. The van der Waals surface area contributed by atoms with Crippen LogP contribution in [0.4, 0.5) is 21.9 Å². The number of carbonyl (C=O) groups is 2. The minimum Gasteiger partial charge on any atom is -0.494 e. The first-order valence-corrected chi connectivity index (χ1v) is 11.4. The number of hydrogen-bond donors (Lipinski definition) is 2. The molecular weight excluding hydrogens is 414 g/mol. The van der Waals surface area contributed by atoms with Crippen molar-refractivity contribution in [2.24, 2.45) is 0 Å². The first-order chi connectivity index (χ1) is 16.1. The van der Waals surface area contributed by atoms with Crippen LogP contribution in [0.15, 0.2) is 72.8 Å². The number of benzene rings is 3. The SMILES string of the molecule is CCCCOc1ccc(NC(=O)Nc2ccc3c(c2)CCCN3C(=O)c2ccccc2)cc1. The molecule has 0 saturated carbocycles. The van der Waals surface area contributed by atoms with Crippen LogP contribution in [0.5, 0.6) is 5.75 Å². The Balaban J connectivity index is 1.38. The molecule has 0 fully saturated rings. The average molecular weight is 444 g/mol. The molecule has 33 heavy (non-hydrogen) atoms. The second-order valence-corrected chi connectivity index (χ2v) is 8.08. The number of hydrogen-bond acceptors (Lipinski definition) is 3. The molecule has 1 aliphatic heterocycles. The van der Waals surface area contributed by atoms with Crippen molar-refractivity contribution in [1.29, 1.82) is 0 Å². The van der Waals surface area contributed by atoms with Gasteiger partial charge >= 0.3 is 6.03 Å². The van der Waals surface area contributed by atoms with E-state index in [0.717, 1.165) is 42.7 Å². The molecule has 6 nitrogen and oxygen atoms in total. The maximum Gasteiger partial charge on any atom is 0.323 e. The van der Waals surface area contributed by atoms with Gasteiger partial charge in [0.15, 0.2) is 0 Å². The van der Waals surface area contributed by atoms with Gasteiger partial charge in [-0.2, -0.15) is 0 Å². The summed E-state index contributed by atoms with van der Waals surface area (Å²) in [4.78, 5) is 27.3. The lowest BCUT2D eigenvalue weighted by molar-refractivity contribution is 0.0985. The Morgan fingerprint density at radius 2 is 1.67 bits per heavy atom. The number of nitrogens with one attached hydrogen (secondary N) is 2. The van der Waals surface area contributed by atoms with Crippen LogP contribution in [0, 0.1) is 0 Å². The lowest BCUT2D eigenvalue weighted by atomic mass is 10.00. The van der Waals surface area contributed by atoms with Crippen molar-refractivity contribution >= 4 is 29.0 Å². The van der Waals surface area contributed by atoms with Crippen LogP contribution in [0.1, 0.15) is 42.1 Å². The smallest absolute Gasteiger partial charge is 0.323 e. The summed E-state index contributed by atoms with van der Waals surface area (Å²) in [6.07, 6.45) is 3.85. The van der Waals surface area contributed by atoms with E-state index in [1.807, 2.05) is 77.7 Å². The number of rotatable bonds is 7. The predicted molar refractivity (Wildman–Crippen MR) is 132 cm³/mol. The number of fused-ring (bicyclic) bond motifs is 1. The lowest BCUT2D eigenvalue weighted by Gasteiger charge is -2.30. The first kappa shape index (κ1) is 22.4. The Labute approximate surface area is 194 Å². The fourth-order valence-electron chi connectivity index (χ4n) is 3.88. The lowest BCUT2D eigenvalue weighted by Crippen LogP contribution is -2.35. The van der Waals surface area contributed by atoms with E-state index < -0.39 is 0 Å². The molecule has 0 aliphatic carbocycles. The van der Waals surface area contributed by atoms with E-state index in [-0.39, 0.29) is 11.9 Å². The van der Waals surface area contributed by atoms with Gasteiger partial charge in [0.2, 0.25) is 0 Å². The molecular formula is C27H29N3O3. The fourth-order valence-corrected chi connectivity index (χ4v) is 3.88. The number of urea groups is 1. The summed E-state index contributed by atoms with van der Waals surface area (Å²) < 4.78 is 5.65. The predicted octanol–water partition coefficient (Wildman–Crippen LogP) is 6.10. The molecule has 2 N–H and O–H groups in total. The molecule has 0 aromatic heterocycles. The van der Waals surface area contributed by atoms with Gasteiger partial charge in [-0.15, -0.1) is 0 Å². The highest BCUT2D eigenvalue weighted by molar-refractivity contribution is 6.07. The van der Waals surface area contributed by atoms with Crippen molar-refractivity contribution < 1.29 is 14.3 Å². The summed E-state index contributed by atoms with van der Waals surface area (Å²) in [5, 5.41) is 5.73. The molecule has 1 aliphatic rings. The van der Waals surface area contributed by atoms with Crippen molar-refractivity contribution in [2.45, 2.75) is 32.6 Å². The highest BCUT2D eigenvalue weighted by Crippen LogP contribution is 2.31. The summed E-state index contributed by atoms with van der Waals surface area (Å²) in [6, 6.07) is 22.0. The molecule has 3 amide bonds. The van der Waals surface area contributed by atoms with E-state index in [1.54, 1.807) is 0 Å². The van der Waals surface area contributed by atoms with Gasteiger partial charge in [0, 0.05) is 29.2 Å². The van der Waals surface area contributed by atoms with Crippen LogP contribution in [0.25, 0.3) is 0 Å². The van der Waals surface area contributed by atoms with Gasteiger partial charge in [-0.3, -0.25) is 4.79 Å². The van der Waals surface area contributed by atoms with Crippen molar-refractivity contribution in [3.8, 4) is 5.75 Å². The van der Waals surface area contributed by atoms with Gasteiger partial charge in [0.1, 0.15) is 5.75 Å². The van der Waals surface area contributed by atoms with E-state index in [0.29, 0.717) is 30.1 Å². The van der Waals surface area contributed by atoms with Gasteiger partial charge in [-0.1, -0.05) is 31.5 Å². The second-order valence-electron chi connectivity index (χ2n) is 8.08. The summed E-state index contributed by atoms with van der Waals surface area (Å²) in [5.41, 5.74) is 4.01. The van der Waals surface area contributed by atoms with Crippen LogP contribution >= 0.6 is 0 Å². The molecule has 0 atom stereocenters. The molecule has 3 aromatic carbocycles. The minimum absolute atomic E-state index is 0.00266. The minimum atomic E-state index is -0.317. The highest BCUT2D eigenvalue weighted by Gasteiger charge is 2.23. The van der Waals surface area contributed by atoms with E-state index in [1.165, 1.54) is 0 Å². The van der Waals surface area contributed by atoms with Crippen LogP contribution in [-0.4, -0.2) is 25.1 Å². The fraction of sp³-hybridized carbons (Fsp3) is 0.259. The Hall–Kier alpha value is -3.80. The number of ether oxygens (including phenoxy) is 1. The van der Waals surface area contributed by atoms with Crippen molar-refractivity contribution in [2.75, 3.05) is 28.7 Å². The van der Waals surface area contributed by atoms with E-state index in [9.17, 15) is 9.59 Å². The molecule has 170 valence electrons. The number of carbonyl (C=O) groups excluding carboxylic acids is 2. The standard InChI is InChI=1S/C27H29N3O3/c1-2-3-18-33-24-14-11-22(12-15-24)28-27(32)29-23-13-16-25-21(19-23)10-7-17-30(25)26(31)20-8-5-4-6-9-20/h4-6,8-9,11-16,19H,2-3,7,10,17-18H2,1H3,(H2,28,29,32). The van der Waals surface area contributed by atoms with Crippen LogP contribution in [0.3, 0.4) is 0 Å². The summed E-state index contributed by atoms with van der Waals surface area (Å²) in [6.45, 7) is 3.50. The molecule has 1 heterocycles. The Morgan fingerprint density at radius 1 is 0.939 bits per heavy atom. The van der Waals surface area contributed by atoms with Gasteiger partial charge in [-0.25, -0.2) is 4.79 Å². The third kappa shape index (κ3) is 5.71. The number of aryl methyl sites for hydroxylation is 1. The molecule has 0 saturated heterocycles. The van der Waals surface area contributed by atoms with E-state index in [4.69, 9.17) is 4.74 Å². The number of nitrogens with zero attached hydrogens (tertiary/aromatic N) is 1. The van der Waals surface area contributed by atoms with E-state index in [2.05, 4.69) is 17.6 Å². The van der Waals surface area contributed by atoms with Gasteiger partial charge in [0.25, 0.3) is 5.91 Å². The number of amides is 3. The monoisotopic (exact) mass is 443 g/mol. The maximum atomic E-state index is 13.0. The second kappa shape index (κ2) is 10.7. The molecule has 0 bridgehead atoms. The largest absolute Gasteiger partial charge is 0.494 e. The van der Waals surface area contributed by atoms with Crippen LogP contribution < -0.4 is 20.3 Å². The quantitative estimate of drug-likeness (QED) is 0.433. The van der Waals surface area contributed by atoms with Crippen molar-refractivity contribution in [3.05, 3.63) is 83.9 Å². The Kier molecular flexibility index (Phi) is 7.25. The third-order valence-corrected chi connectivity index (χ3v) is 5.60. The normalized spacial score (nSPS) is 12.6. The van der Waals surface area contributed by atoms with Gasteiger partial charge in [0.05, 0.1) is 6.61 Å². The van der Waals surface area contributed by atoms with Crippen LogP contribution in [0.2, 0.25) is 0 Å². The molecule has 0 spiro atoms. The zero-order valence-corrected chi connectivity index (χ0v) is 18.8. The van der Waals surface area contributed by atoms with E-state index >= 15 is 0 Å². The average Bonchev–Trinajstić information content (AvgIpc) is 2.85. The zero-order chi connectivity index (χ0) is 23.0. The summed E-state index contributed by atoms with van der Waals surface area (Å²) in [7, 11) is 0. The summed E-state index contributed by atoms with van der Waals surface area (Å²) in [5.74, 6) is 0.788. The molecule has 4 rings (SSSR count). The Morgan fingerprint density at radius 3 is 2.42 bits per heavy atom. The number of unbranched alkanes of at least 4 members (excludes halogenated alkanes) is 1. The zero-order valence-electron chi connectivity index (χ0n) is 18.8. The highest BCUT2D eigenvalue weighted by atomic mass is 16.5. The van der Waals surface area contributed by atoms with Crippen LogP contribution in [-0.2, 0) is 6.42 Å². The number of anilines is 3. The molecule has 3 aromatic rings. The topological polar surface area (TPSA) is 70.7 Å². The van der Waals surface area contributed by atoms with Crippen molar-refractivity contribution in [1.82, 2.24) is 0 Å². The molecule has 0 radical (unpaired) electrons. The molecule has 0 unspecified atom stereocenters. The first-order valence-electron chi connectivity index (χ1n) is 11.4. The maximum absolute atomic E-state index is 13.0. The third-order valence-electron chi connectivity index (χ3n) is 5.60. The van der Waals surface area contributed by atoms with Crippen molar-refractivity contribution in [3.63, 3.8) is 0 Å².